The van der Waals surface area contributed by atoms with Gasteiger partial charge in [0.05, 0.1) is 11.8 Å². The molecule has 1 atom stereocenters. The fourth-order valence-electron chi connectivity index (χ4n) is 1.76. The van der Waals surface area contributed by atoms with Gasteiger partial charge < -0.3 is 15.7 Å². The summed E-state index contributed by atoms with van der Waals surface area (Å²) in [5.74, 6) is 0.831. The number of aliphatic hydroxyl groups is 1. The molecule has 3 N–H and O–H groups in total. The maximum absolute atomic E-state index is 9.11. The predicted octanol–water partition coefficient (Wildman–Crippen LogP) is 0.420. The first-order valence-corrected chi connectivity index (χ1v) is 6.10. The predicted molar refractivity (Wildman–Crippen MR) is 70.8 cm³/mol. The summed E-state index contributed by atoms with van der Waals surface area (Å²) < 4.78 is 1.81. The Morgan fingerprint density at radius 1 is 1.44 bits per heavy atom. The van der Waals surface area contributed by atoms with Gasteiger partial charge in [-0.15, -0.1) is 0 Å². The Morgan fingerprint density at radius 2 is 2.28 bits per heavy atom. The molecule has 0 spiro atoms. The van der Waals surface area contributed by atoms with Crippen molar-refractivity contribution < 1.29 is 5.11 Å². The Hall–Kier alpha value is -1.66. The minimum absolute atomic E-state index is 0.316. The normalized spacial score (nSPS) is 12.8. The number of aliphatic hydroxyl groups excluding tert-OH is 1. The minimum Gasteiger partial charge on any atom is -0.392 e. The van der Waals surface area contributed by atoms with Crippen LogP contribution in [0.1, 0.15) is 12.6 Å². The molecule has 0 saturated carbocycles. The van der Waals surface area contributed by atoms with Crippen LogP contribution in [-0.2, 0) is 0 Å². The molecule has 18 heavy (non-hydrogen) atoms. The molecule has 0 aliphatic rings. The van der Waals surface area contributed by atoms with Crippen LogP contribution in [0.4, 0.5) is 5.82 Å². The summed E-state index contributed by atoms with van der Waals surface area (Å²) in [7, 11) is 0. The van der Waals surface area contributed by atoms with Gasteiger partial charge in [0.15, 0.2) is 5.82 Å². The number of nitrogens with one attached hydrogen (secondary N) is 2. The van der Waals surface area contributed by atoms with Crippen LogP contribution in [0.25, 0.3) is 5.52 Å². The molecule has 2 heterocycles. The zero-order chi connectivity index (χ0) is 13.0. The summed E-state index contributed by atoms with van der Waals surface area (Å²) in [6, 6.07) is 2.00. The van der Waals surface area contributed by atoms with Gasteiger partial charge in [0.1, 0.15) is 5.52 Å². The highest BCUT2D eigenvalue weighted by Gasteiger charge is 2.04. The lowest BCUT2D eigenvalue weighted by atomic mass is 10.4. The van der Waals surface area contributed by atoms with Crippen LogP contribution < -0.4 is 10.6 Å². The summed E-state index contributed by atoms with van der Waals surface area (Å²) in [5.41, 5.74) is 1.95. The van der Waals surface area contributed by atoms with E-state index in [2.05, 4.69) is 20.7 Å². The van der Waals surface area contributed by atoms with E-state index < -0.39 is 0 Å². The number of hydrogen-bond acceptors (Lipinski definition) is 5. The van der Waals surface area contributed by atoms with E-state index in [9.17, 15) is 0 Å². The molecule has 2 aromatic rings. The van der Waals surface area contributed by atoms with Crippen LogP contribution in [0.5, 0.6) is 0 Å². The van der Waals surface area contributed by atoms with E-state index in [1.54, 1.807) is 13.1 Å². The number of nitrogens with zero attached hydrogens (tertiary/aromatic N) is 3. The van der Waals surface area contributed by atoms with Crippen molar-refractivity contribution in [1.82, 2.24) is 19.9 Å². The topological polar surface area (TPSA) is 74.5 Å². The zero-order valence-electron chi connectivity index (χ0n) is 10.7. The Bertz CT molecular complexity index is 508. The van der Waals surface area contributed by atoms with Crippen LogP contribution in [0.3, 0.4) is 0 Å². The van der Waals surface area contributed by atoms with Gasteiger partial charge in [-0.25, -0.2) is 9.50 Å². The zero-order valence-corrected chi connectivity index (χ0v) is 10.7. The average Bonchev–Trinajstić information content (AvgIpc) is 2.69. The van der Waals surface area contributed by atoms with Gasteiger partial charge in [-0.2, -0.15) is 5.10 Å². The van der Waals surface area contributed by atoms with Crippen molar-refractivity contribution in [3.05, 3.63) is 24.2 Å². The fourth-order valence-corrected chi connectivity index (χ4v) is 1.76. The quantitative estimate of drug-likeness (QED) is 0.647. The molecular weight excluding hydrogens is 230 g/mol. The molecule has 1 unspecified atom stereocenters. The van der Waals surface area contributed by atoms with Crippen molar-refractivity contribution in [2.75, 3.05) is 25.0 Å². The van der Waals surface area contributed by atoms with E-state index in [1.807, 2.05) is 23.7 Å². The second-order valence-corrected chi connectivity index (χ2v) is 4.37. The van der Waals surface area contributed by atoms with E-state index in [1.165, 1.54) is 0 Å². The van der Waals surface area contributed by atoms with Crippen molar-refractivity contribution in [2.24, 2.45) is 0 Å². The van der Waals surface area contributed by atoms with E-state index in [0.29, 0.717) is 6.54 Å². The lowest BCUT2D eigenvalue weighted by Gasteiger charge is -2.09. The monoisotopic (exact) mass is 249 g/mol. The van der Waals surface area contributed by atoms with Gasteiger partial charge in [-0.3, -0.25) is 0 Å². The highest BCUT2D eigenvalue weighted by Crippen LogP contribution is 2.13. The van der Waals surface area contributed by atoms with Crippen LogP contribution in [0, 0.1) is 6.92 Å². The first-order valence-electron chi connectivity index (χ1n) is 6.10. The second kappa shape index (κ2) is 5.79. The molecule has 2 aromatic heterocycles. The number of aromatic nitrogens is 3. The molecule has 0 fully saturated rings. The van der Waals surface area contributed by atoms with E-state index in [0.717, 1.165) is 30.1 Å². The van der Waals surface area contributed by atoms with Gasteiger partial charge in [0, 0.05) is 32.0 Å². The molecule has 0 aliphatic heterocycles. The number of rotatable bonds is 6. The minimum atomic E-state index is -0.316. The van der Waals surface area contributed by atoms with Crippen molar-refractivity contribution in [2.45, 2.75) is 20.0 Å². The van der Waals surface area contributed by atoms with Gasteiger partial charge in [-0.05, 0) is 19.9 Å². The molecule has 0 amide bonds. The molecule has 0 bridgehead atoms. The first kappa shape index (κ1) is 12.8. The second-order valence-electron chi connectivity index (χ2n) is 4.37. The number of anilines is 1. The lowest BCUT2D eigenvalue weighted by Crippen LogP contribution is -2.29. The molecular formula is C12H19N5O. The number of fused-ring (bicyclic) bond motifs is 1. The highest BCUT2D eigenvalue weighted by atomic mass is 16.3. The van der Waals surface area contributed by atoms with Gasteiger partial charge in [0.25, 0.3) is 0 Å². The maximum Gasteiger partial charge on any atom is 0.152 e. The highest BCUT2D eigenvalue weighted by molar-refractivity contribution is 5.67. The van der Waals surface area contributed by atoms with Gasteiger partial charge in [-0.1, -0.05) is 0 Å². The molecule has 0 aliphatic carbocycles. The first-order chi connectivity index (χ1) is 8.66. The third-order valence-electron chi connectivity index (χ3n) is 2.55. The van der Waals surface area contributed by atoms with Crippen molar-refractivity contribution in [3.63, 3.8) is 0 Å². The standard InChI is InChI=1S/C12H19N5O/c1-9-7-11-12(15-5-6-17(11)16-9)14-4-3-13-8-10(2)18/h5-7,10,13,18H,3-4,8H2,1-2H3,(H,14,15). The van der Waals surface area contributed by atoms with E-state index in [-0.39, 0.29) is 6.10 Å². The van der Waals surface area contributed by atoms with Crippen LogP contribution in [0.2, 0.25) is 0 Å². The maximum atomic E-state index is 9.11. The Labute approximate surface area is 106 Å². The molecule has 6 heteroatoms. The summed E-state index contributed by atoms with van der Waals surface area (Å²) in [5, 5.41) is 19.8. The summed E-state index contributed by atoms with van der Waals surface area (Å²) >= 11 is 0. The molecule has 0 aromatic carbocycles. The smallest absolute Gasteiger partial charge is 0.152 e. The van der Waals surface area contributed by atoms with E-state index in [4.69, 9.17) is 5.11 Å². The van der Waals surface area contributed by atoms with Gasteiger partial charge >= 0.3 is 0 Å². The summed E-state index contributed by atoms with van der Waals surface area (Å²) in [6.45, 7) is 5.86. The molecule has 0 saturated heterocycles. The Kier molecular flexibility index (Phi) is 4.11. The molecule has 98 valence electrons. The molecule has 0 radical (unpaired) electrons. The van der Waals surface area contributed by atoms with Crippen molar-refractivity contribution in [3.8, 4) is 0 Å². The SMILES string of the molecule is Cc1cc2c(NCCNCC(C)O)nccn2n1. The third kappa shape index (κ3) is 3.18. The Morgan fingerprint density at radius 3 is 3.06 bits per heavy atom. The van der Waals surface area contributed by atoms with Gasteiger partial charge in [0.2, 0.25) is 0 Å². The van der Waals surface area contributed by atoms with E-state index >= 15 is 0 Å². The number of hydrogen-bond donors (Lipinski definition) is 3. The summed E-state index contributed by atoms with van der Waals surface area (Å²) in [4.78, 5) is 4.30. The molecule has 2 rings (SSSR count). The lowest BCUT2D eigenvalue weighted by molar-refractivity contribution is 0.192. The Balaban J connectivity index is 1.91. The largest absolute Gasteiger partial charge is 0.392 e. The van der Waals surface area contributed by atoms with Crippen molar-refractivity contribution in [1.29, 1.82) is 0 Å². The van der Waals surface area contributed by atoms with Crippen LogP contribution >= 0.6 is 0 Å². The summed E-state index contributed by atoms with van der Waals surface area (Å²) in [6.07, 6.45) is 3.24. The average molecular weight is 249 g/mol. The molecule has 6 nitrogen and oxygen atoms in total. The van der Waals surface area contributed by atoms with Crippen LogP contribution in [0.15, 0.2) is 18.5 Å². The fraction of sp³-hybridized carbons (Fsp3) is 0.500. The third-order valence-corrected chi connectivity index (χ3v) is 2.55. The van der Waals surface area contributed by atoms with Crippen LogP contribution in [-0.4, -0.2) is 45.4 Å². The van der Waals surface area contributed by atoms with Crippen molar-refractivity contribution >= 4 is 11.3 Å². The number of aryl methyl sites for hydroxylation is 1.